The summed E-state index contributed by atoms with van der Waals surface area (Å²) in [5, 5.41) is 2.07. The van der Waals surface area contributed by atoms with Gasteiger partial charge >= 0.3 is 0 Å². The molecule has 6 heteroatoms. The van der Waals surface area contributed by atoms with E-state index >= 15 is 0 Å². The third-order valence-corrected chi connectivity index (χ3v) is 5.37. The SMILES string of the molecule is COc1ccc(S(=O)(=O)NCc2ccc3cc(OC)ccc3c2)cc1. The van der Waals surface area contributed by atoms with Crippen molar-refractivity contribution in [3.8, 4) is 11.5 Å². The van der Waals surface area contributed by atoms with Crippen molar-refractivity contribution in [3.63, 3.8) is 0 Å². The van der Waals surface area contributed by atoms with E-state index in [0.29, 0.717) is 5.75 Å². The number of ether oxygens (including phenoxy) is 2. The van der Waals surface area contributed by atoms with E-state index in [2.05, 4.69) is 4.72 Å². The second-order valence-electron chi connectivity index (χ2n) is 5.55. The van der Waals surface area contributed by atoms with Crippen molar-refractivity contribution in [1.29, 1.82) is 0 Å². The Kier molecular flexibility index (Phi) is 4.92. The Labute approximate surface area is 147 Å². The summed E-state index contributed by atoms with van der Waals surface area (Å²) in [5.74, 6) is 1.41. The smallest absolute Gasteiger partial charge is 0.240 e. The van der Waals surface area contributed by atoms with Crippen molar-refractivity contribution < 1.29 is 17.9 Å². The molecule has 3 rings (SSSR count). The highest BCUT2D eigenvalue weighted by atomic mass is 32.2. The van der Waals surface area contributed by atoms with Crippen LogP contribution in [0.5, 0.6) is 11.5 Å². The topological polar surface area (TPSA) is 64.6 Å². The van der Waals surface area contributed by atoms with E-state index in [9.17, 15) is 8.42 Å². The highest BCUT2D eigenvalue weighted by Crippen LogP contribution is 2.22. The van der Waals surface area contributed by atoms with Gasteiger partial charge in [-0.1, -0.05) is 18.2 Å². The molecule has 0 saturated heterocycles. The molecule has 0 spiro atoms. The van der Waals surface area contributed by atoms with Gasteiger partial charge in [0.1, 0.15) is 11.5 Å². The molecule has 0 aliphatic carbocycles. The molecule has 0 heterocycles. The molecule has 3 aromatic carbocycles. The zero-order chi connectivity index (χ0) is 17.9. The van der Waals surface area contributed by atoms with E-state index < -0.39 is 10.0 Å². The Hall–Kier alpha value is -2.57. The largest absolute Gasteiger partial charge is 0.497 e. The van der Waals surface area contributed by atoms with Gasteiger partial charge in [-0.3, -0.25) is 0 Å². The summed E-state index contributed by atoms with van der Waals surface area (Å²) < 4.78 is 37.6. The number of rotatable bonds is 6. The molecule has 0 unspecified atom stereocenters. The maximum atomic E-state index is 12.4. The standard InChI is InChI=1S/C19H19NO4S/c1-23-17-7-9-19(10-8-17)25(21,22)20-13-14-3-4-16-12-18(24-2)6-5-15(16)11-14/h3-12,20H,13H2,1-2H3. The summed E-state index contributed by atoms with van der Waals surface area (Å²) in [4.78, 5) is 0.207. The first-order valence-corrected chi connectivity index (χ1v) is 9.20. The number of benzene rings is 3. The van der Waals surface area contributed by atoms with Crippen LogP contribution in [0.15, 0.2) is 65.6 Å². The van der Waals surface area contributed by atoms with E-state index in [0.717, 1.165) is 22.1 Å². The molecule has 1 N–H and O–H groups in total. The average Bonchev–Trinajstić information content (AvgIpc) is 2.66. The van der Waals surface area contributed by atoms with Crippen LogP contribution in [0, 0.1) is 0 Å². The lowest BCUT2D eigenvalue weighted by molar-refractivity contribution is 0.414. The Balaban J connectivity index is 1.76. The van der Waals surface area contributed by atoms with Crippen LogP contribution in [-0.4, -0.2) is 22.6 Å². The van der Waals surface area contributed by atoms with Gasteiger partial charge in [-0.15, -0.1) is 0 Å². The number of methoxy groups -OCH3 is 2. The van der Waals surface area contributed by atoms with Crippen molar-refractivity contribution in [2.45, 2.75) is 11.4 Å². The Morgan fingerprint density at radius 2 is 1.40 bits per heavy atom. The number of fused-ring (bicyclic) bond motifs is 1. The molecule has 0 amide bonds. The molecule has 0 aliphatic heterocycles. The average molecular weight is 357 g/mol. The molecule has 5 nitrogen and oxygen atoms in total. The van der Waals surface area contributed by atoms with Crippen LogP contribution in [-0.2, 0) is 16.6 Å². The van der Waals surface area contributed by atoms with E-state index in [4.69, 9.17) is 9.47 Å². The Morgan fingerprint density at radius 3 is 2.08 bits per heavy atom. The number of nitrogens with one attached hydrogen (secondary N) is 1. The van der Waals surface area contributed by atoms with Gasteiger partial charge in [0.15, 0.2) is 0 Å². The first-order valence-electron chi connectivity index (χ1n) is 7.72. The zero-order valence-corrected chi connectivity index (χ0v) is 14.8. The monoisotopic (exact) mass is 357 g/mol. The molecule has 3 aromatic rings. The molecule has 25 heavy (non-hydrogen) atoms. The maximum absolute atomic E-state index is 12.4. The van der Waals surface area contributed by atoms with Crippen LogP contribution < -0.4 is 14.2 Å². The molecule has 0 fully saturated rings. The van der Waals surface area contributed by atoms with Gasteiger partial charge in [0.2, 0.25) is 10.0 Å². The predicted molar refractivity (Wildman–Crippen MR) is 97.5 cm³/mol. The van der Waals surface area contributed by atoms with Gasteiger partial charge < -0.3 is 9.47 Å². The second kappa shape index (κ2) is 7.13. The molecule has 0 aromatic heterocycles. The molecule has 130 valence electrons. The fourth-order valence-corrected chi connectivity index (χ4v) is 3.54. The lowest BCUT2D eigenvalue weighted by atomic mass is 10.1. The number of hydrogen-bond donors (Lipinski definition) is 1. The summed E-state index contributed by atoms with van der Waals surface area (Å²) in [6.07, 6.45) is 0. The molecule has 0 atom stereocenters. The van der Waals surface area contributed by atoms with Gasteiger partial charge in [0.25, 0.3) is 0 Å². The summed E-state index contributed by atoms with van der Waals surface area (Å²) in [5.41, 5.74) is 0.884. The summed E-state index contributed by atoms with van der Waals surface area (Å²) in [6, 6.07) is 17.9. The van der Waals surface area contributed by atoms with E-state index in [1.54, 1.807) is 19.2 Å². The van der Waals surface area contributed by atoms with Crippen molar-refractivity contribution in [2.24, 2.45) is 0 Å². The van der Waals surface area contributed by atoms with Crippen LogP contribution in [0.4, 0.5) is 0 Å². The van der Waals surface area contributed by atoms with Crippen molar-refractivity contribution in [2.75, 3.05) is 14.2 Å². The van der Waals surface area contributed by atoms with Gasteiger partial charge in [0, 0.05) is 6.54 Å². The highest BCUT2D eigenvalue weighted by Gasteiger charge is 2.13. The van der Waals surface area contributed by atoms with Crippen molar-refractivity contribution in [3.05, 3.63) is 66.2 Å². The zero-order valence-electron chi connectivity index (χ0n) is 14.0. The lowest BCUT2D eigenvalue weighted by Gasteiger charge is -2.09. The molecule has 0 saturated carbocycles. The molecule has 0 aliphatic rings. The van der Waals surface area contributed by atoms with Crippen LogP contribution in [0.2, 0.25) is 0 Å². The normalized spacial score (nSPS) is 11.4. The first kappa shape index (κ1) is 17.3. The van der Waals surface area contributed by atoms with Gasteiger partial charge in [-0.2, -0.15) is 0 Å². The van der Waals surface area contributed by atoms with Crippen LogP contribution in [0.1, 0.15) is 5.56 Å². The molecule has 0 bridgehead atoms. The van der Waals surface area contributed by atoms with Crippen molar-refractivity contribution in [1.82, 2.24) is 4.72 Å². The summed E-state index contributed by atoms with van der Waals surface area (Å²) >= 11 is 0. The first-order chi connectivity index (χ1) is 12.0. The van der Waals surface area contributed by atoms with Crippen LogP contribution in [0.3, 0.4) is 0 Å². The van der Waals surface area contributed by atoms with Gasteiger partial charge in [-0.05, 0) is 58.8 Å². The third-order valence-electron chi connectivity index (χ3n) is 3.95. The van der Waals surface area contributed by atoms with E-state index in [1.807, 2.05) is 36.4 Å². The summed E-state index contributed by atoms with van der Waals surface area (Å²) in [6.45, 7) is 0.219. The minimum absolute atomic E-state index is 0.207. The van der Waals surface area contributed by atoms with Gasteiger partial charge in [0.05, 0.1) is 19.1 Å². The lowest BCUT2D eigenvalue weighted by Crippen LogP contribution is -2.23. The van der Waals surface area contributed by atoms with Gasteiger partial charge in [-0.25, -0.2) is 13.1 Å². The predicted octanol–water partition coefficient (Wildman–Crippen LogP) is 3.34. The van der Waals surface area contributed by atoms with E-state index in [1.165, 1.54) is 19.2 Å². The summed E-state index contributed by atoms with van der Waals surface area (Å²) in [7, 11) is -0.406. The van der Waals surface area contributed by atoms with E-state index in [-0.39, 0.29) is 11.4 Å². The Bertz CT molecular complexity index is 982. The maximum Gasteiger partial charge on any atom is 0.240 e. The quantitative estimate of drug-likeness (QED) is 0.735. The molecular formula is C19H19NO4S. The minimum atomic E-state index is -3.57. The number of sulfonamides is 1. The Morgan fingerprint density at radius 1 is 0.800 bits per heavy atom. The highest BCUT2D eigenvalue weighted by molar-refractivity contribution is 7.89. The third kappa shape index (κ3) is 3.92. The molecular weight excluding hydrogens is 338 g/mol. The van der Waals surface area contributed by atoms with Crippen molar-refractivity contribution >= 4 is 20.8 Å². The molecule has 0 radical (unpaired) electrons. The fraction of sp³-hybridized carbons (Fsp3) is 0.158. The fourth-order valence-electron chi connectivity index (χ4n) is 2.53. The second-order valence-corrected chi connectivity index (χ2v) is 7.31. The minimum Gasteiger partial charge on any atom is -0.497 e. The van der Waals surface area contributed by atoms with Crippen LogP contribution >= 0.6 is 0 Å². The van der Waals surface area contributed by atoms with Crippen LogP contribution in [0.25, 0.3) is 10.8 Å². The number of hydrogen-bond acceptors (Lipinski definition) is 4.